The van der Waals surface area contributed by atoms with Crippen molar-refractivity contribution in [1.82, 2.24) is 9.80 Å². The van der Waals surface area contributed by atoms with Crippen LogP contribution in [0, 0.1) is 34.1 Å². The van der Waals surface area contributed by atoms with Crippen LogP contribution < -0.4 is 7.74 Å². The summed E-state index contributed by atoms with van der Waals surface area (Å²) in [6.07, 6.45) is 25.5. The van der Waals surface area contributed by atoms with E-state index in [1.807, 2.05) is 115 Å². The molecule has 0 aliphatic heterocycles. The van der Waals surface area contributed by atoms with E-state index in [4.69, 9.17) is 0 Å². The van der Waals surface area contributed by atoms with E-state index in [9.17, 15) is 9.59 Å². The number of aryl methyl sites for hydroxylation is 2. The molecule has 2 amide bonds. The van der Waals surface area contributed by atoms with E-state index >= 15 is 17.6 Å². The van der Waals surface area contributed by atoms with Gasteiger partial charge in [-0.15, -0.1) is 0 Å². The van der Waals surface area contributed by atoms with Crippen molar-refractivity contribution >= 4 is 19.6 Å². The fourth-order valence-electron chi connectivity index (χ4n) is 10.6. The molecule has 372 valence electrons. The van der Waals surface area contributed by atoms with Crippen LogP contribution in [0.1, 0.15) is 197 Å². The number of amides is 2. The molecule has 0 fully saturated rings. The Kier molecular flexibility index (Phi) is 21.5. The van der Waals surface area contributed by atoms with Gasteiger partial charge < -0.3 is 0 Å². The van der Waals surface area contributed by atoms with Crippen LogP contribution in [0.4, 0.5) is 17.6 Å². The van der Waals surface area contributed by atoms with Gasteiger partial charge in [0.15, 0.2) is 0 Å². The van der Waals surface area contributed by atoms with Gasteiger partial charge in [-0.25, -0.2) is 0 Å². The van der Waals surface area contributed by atoms with Gasteiger partial charge in [0.25, 0.3) is 0 Å². The average Bonchev–Trinajstić information content (AvgIpc) is 4.00. The van der Waals surface area contributed by atoms with Crippen molar-refractivity contribution in [2.75, 3.05) is 0 Å². The maximum atomic E-state index is 18.1. The Hall–Kier alpha value is -3.23. The minimum atomic E-state index is -5.12. The van der Waals surface area contributed by atoms with Crippen molar-refractivity contribution in [2.24, 2.45) is 10.8 Å². The molecule has 67 heavy (non-hydrogen) atoms. The van der Waals surface area contributed by atoms with Crippen molar-refractivity contribution in [3.8, 4) is 0 Å². The third-order valence-corrected chi connectivity index (χ3v) is 22.0. The molecule has 2 aliphatic carbocycles. The van der Waals surface area contributed by atoms with Crippen LogP contribution in [0.3, 0.4) is 0 Å². The molecule has 9 heteroatoms. The molecule has 2 aromatic rings. The van der Waals surface area contributed by atoms with E-state index in [1.165, 1.54) is 24.3 Å². The zero-order valence-corrected chi connectivity index (χ0v) is 45.1. The second kappa shape index (κ2) is 25.6. The van der Waals surface area contributed by atoms with Gasteiger partial charge in [-0.3, -0.25) is 0 Å². The molecule has 4 nitrogen and oxygen atoms in total. The summed E-state index contributed by atoms with van der Waals surface area (Å²) in [5, 5.41) is 0. The first-order valence-corrected chi connectivity index (χ1v) is 29.1. The fourth-order valence-corrected chi connectivity index (χ4v) is 18.9. The molecule has 0 bridgehead atoms. The topological polar surface area (TPSA) is 40.6 Å². The number of halogens is 4. The van der Waals surface area contributed by atoms with Crippen LogP contribution in [-0.4, -0.2) is 45.8 Å². The Bertz CT molecular complexity index is 1940. The molecule has 2 aromatic carbocycles. The molecular formula is C58H86F4N2O2Ti. The third-order valence-electron chi connectivity index (χ3n) is 14.0. The van der Waals surface area contributed by atoms with E-state index < -0.39 is 50.7 Å². The summed E-state index contributed by atoms with van der Waals surface area (Å²) in [6, 6.07) is 5.09. The SMILES string of the molecule is CCCCCCCC(CCc1ccc(F)[c]([Ti]([C]2=CC=CC2)([C]2=CC=CC2)[c]2c(F)ccc(CCC(CCCCCCC)N(C(=O)C(C)(C)C)C(C)C)c2F)c1F)N(C(=O)C(C)(C)C)C(C)C. The molecule has 0 saturated heterocycles. The van der Waals surface area contributed by atoms with Crippen LogP contribution >= 0.6 is 0 Å². The van der Waals surface area contributed by atoms with Gasteiger partial charge in [0, 0.05) is 0 Å². The molecule has 2 atom stereocenters. The number of benzene rings is 2. The summed E-state index contributed by atoms with van der Waals surface area (Å²) in [7, 11) is 0. The van der Waals surface area contributed by atoms with Crippen molar-refractivity contribution < 1.29 is 43.7 Å². The summed E-state index contributed by atoms with van der Waals surface area (Å²) >= 11 is -5.12. The van der Waals surface area contributed by atoms with E-state index in [1.54, 1.807) is 0 Å². The van der Waals surface area contributed by atoms with Crippen molar-refractivity contribution in [3.63, 3.8) is 0 Å². The quantitative estimate of drug-likeness (QED) is 0.0535. The van der Waals surface area contributed by atoms with Gasteiger partial charge in [-0.2, -0.15) is 0 Å². The molecule has 2 aliphatic rings. The normalized spacial score (nSPS) is 15.1. The average molecular weight is 967 g/mol. The molecular weight excluding hydrogens is 881 g/mol. The predicted octanol–water partition coefficient (Wildman–Crippen LogP) is 14.9. The second-order valence-corrected chi connectivity index (χ2v) is 28.0. The maximum absolute atomic E-state index is 18.1. The van der Waals surface area contributed by atoms with E-state index in [0.29, 0.717) is 44.6 Å². The molecule has 2 unspecified atom stereocenters. The van der Waals surface area contributed by atoms with Crippen molar-refractivity contribution in [3.05, 3.63) is 103 Å². The fraction of sp³-hybridized carbons (Fsp3) is 0.621. The summed E-state index contributed by atoms with van der Waals surface area (Å²) < 4.78 is 71.5. The summed E-state index contributed by atoms with van der Waals surface area (Å²) in [5.41, 5.74) is -0.645. The molecule has 0 aromatic heterocycles. The zero-order chi connectivity index (χ0) is 49.7. The number of unbranched alkanes of at least 4 members (excludes halogenated alkanes) is 8. The standard InChI is InChI=1S/2C24H38F2NO.2C5H5.Ti/c2*1-7-8-9-10-11-12-21(27(18(2)3)23(28)24(4,5)6)16-14-19-13-15-20(25)17-22(19)26;2*1-2-4-5-3-1;/h2*13,15,18,21H,7-12,14,16H2,1-6H3;2*1-3H,4H2;. The number of hydrogen-bond donors (Lipinski definition) is 0. The minimum absolute atomic E-state index is 0.0403. The Labute approximate surface area is 407 Å². The monoisotopic (exact) mass is 967 g/mol. The number of carbonyl (C=O) groups is 2. The van der Waals surface area contributed by atoms with Gasteiger partial charge in [-0.1, -0.05) is 13.8 Å². The van der Waals surface area contributed by atoms with E-state index in [-0.39, 0.29) is 56.6 Å². The number of carbonyl (C=O) groups excluding carboxylic acids is 2. The third kappa shape index (κ3) is 14.0. The van der Waals surface area contributed by atoms with Crippen LogP contribution in [-0.2, 0) is 39.0 Å². The first-order chi connectivity index (χ1) is 31.6. The zero-order valence-electron chi connectivity index (χ0n) is 43.5. The predicted molar refractivity (Wildman–Crippen MR) is 270 cm³/mol. The first kappa shape index (κ1) is 56.4. The number of hydrogen-bond acceptors (Lipinski definition) is 2. The molecule has 0 N–H and O–H groups in total. The Morgan fingerprint density at radius 1 is 0.552 bits per heavy atom. The van der Waals surface area contributed by atoms with Gasteiger partial charge >= 0.3 is 396 Å². The van der Waals surface area contributed by atoms with Crippen LogP contribution in [0.5, 0.6) is 0 Å². The van der Waals surface area contributed by atoms with Gasteiger partial charge in [0.2, 0.25) is 0 Å². The molecule has 4 rings (SSSR count). The van der Waals surface area contributed by atoms with E-state index in [2.05, 4.69) is 13.8 Å². The van der Waals surface area contributed by atoms with Crippen LogP contribution in [0.15, 0.2) is 68.5 Å². The van der Waals surface area contributed by atoms with Crippen molar-refractivity contribution in [2.45, 2.75) is 223 Å². The van der Waals surface area contributed by atoms with Crippen molar-refractivity contribution in [1.29, 1.82) is 0 Å². The van der Waals surface area contributed by atoms with Gasteiger partial charge in [-0.05, 0) is 0 Å². The number of rotatable bonds is 26. The van der Waals surface area contributed by atoms with Gasteiger partial charge in [0.1, 0.15) is 0 Å². The number of allylic oxidation sites excluding steroid dienone is 8. The Morgan fingerprint density at radius 3 is 1.21 bits per heavy atom. The second-order valence-electron chi connectivity index (χ2n) is 22.1. The Morgan fingerprint density at radius 2 is 0.910 bits per heavy atom. The molecule has 0 saturated carbocycles. The number of nitrogens with zero attached hydrogens (tertiary/aromatic N) is 2. The molecule has 0 spiro atoms. The Balaban J connectivity index is 1.88. The van der Waals surface area contributed by atoms with Crippen LogP contribution in [0.25, 0.3) is 0 Å². The van der Waals surface area contributed by atoms with E-state index in [0.717, 1.165) is 77.0 Å². The van der Waals surface area contributed by atoms with Gasteiger partial charge in [0.05, 0.1) is 0 Å². The first-order valence-electron chi connectivity index (χ1n) is 26.0. The van der Waals surface area contributed by atoms with Crippen LogP contribution in [0.2, 0.25) is 0 Å². The molecule has 0 heterocycles. The summed E-state index contributed by atoms with van der Waals surface area (Å²) in [4.78, 5) is 32.0. The summed E-state index contributed by atoms with van der Waals surface area (Å²) in [6.45, 7) is 24.0. The summed E-state index contributed by atoms with van der Waals surface area (Å²) in [5.74, 6) is -2.97. The molecule has 0 radical (unpaired) electrons.